The van der Waals surface area contributed by atoms with Gasteiger partial charge in [-0.25, -0.2) is 0 Å². The van der Waals surface area contributed by atoms with Crippen LogP contribution in [0.3, 0.4) is 0 Å². The molecule has 1 aromatic rings. The standard InChI is InChI=1S/C9H9BrN2S/c10-7-1-3-8(4-2-7)12-5-6-13-9(12)11/h1-4,11H,5-6H2. The Labute approximate surface area is 90.0 Å². The Morgan fingerprint density at radius 2 is 2.00 bits per heavy atom. The van der Waals surface area contributed by atoms with E-state index in [0.717, 1.165) is 22.5 Å². The summed E-state index contributed by atoms with van der Waals surface area (Å²) in [5.41, 5.74) is 1.11. The lowest BCUT2D eigenvalue weighted by Crippen LogP contribution is -2.22. The van der Waals surface area contributed by atoms with E-state index in [-0.39, 0.29) is 0 Å². The van der Waals surface area contributed by atoms with Crippen LogP contribution in [0, 0.1) is 5.41 Å². The maximum absolute atomic E-state index is 7.67. The Bertz CT molecular complexity index is 323. The second-order valence-electron chi connectivity index (χ2n) is 2.78. The summed E-state index contributed by atoms with van der Waals surface area (Å²) in [6.45, 7) is 0.950. The molecule has 0 unspecified atom stereocenters. The molecule has 0 amide bonds. The summed E-state index contributed by atoms with van der Waals surface area (Å²) in [6.07, 6.45) is 0. The molecule has 0 radical (unpaired) electrons. The molecule has 0 aromatic heterocycles. The first-order chi connectivity index (χ1) is 6.27. The third kappa shape index (κ3) is 1.89. The largest absolute Gasteiger partial charge is 0.321 e. The number of hydrogen-bond donors (Lipinski definition) is 1. The van der Waals surface area contributed by atoms with E-state index in [1.807, 2.05) is 29.2 Å². The lowest BCUT2D eigenvalue weighted by atomic mass is 10.3. The fraction of sp³-hybridized carbons (Fsp3) is 0.222. The summed E-state index contributed by atoms with van der Waals surface area (Å²) in [5, 5.41) is 8.33. The molecular weight excluding hydrogens is 248 g/mol. The Morgan fingerprint density at radius 3 is 2.54 bits per heavy atom. The van der Waals surface area contributed by atoms with Gasteiger partial charge in [-0.1, -0.05) is 27.7 Å². The van der Waals surface area contributed by atoms with E-state index >= 15 is 0 Å². The Morgan fingerprint density at radius 1 is 1.31 bits per heavy atom. The highest BCUT2D eigenvalue weighted by molar-refractivity contribution is 9.10. The molecule has 1 aliphatic rings. The van der Waals surface area contributed by atoms with Crippen LogP contribution in [0.2, 0.25) is 0 Å². The van der Waals surface area contributed by atoms with Crippen LogP contribution in [0.4, 0.5) is 5.69 Å². The van der Waals surface area contributed by atoms with Crippen molar-refractivity contribution in [2.24, 2.45) is 0 Å². The van der Waals surface area contributed by atoms with E-state index in [1.54, 1.807) is 11.8 Å². The monoisotopic (exact) mass is 256 g/mol. The second-order valence-corrected chi connectivity index (χ2v) is 4.78. The summed E-state index contributed by atoms with van der Waals surface area (Å²) in [5.74, 6) is 1.02. The Balaban J connectivity index is 2.25. The van der Waals surface area contributed by atoms with Gasteiger partial charge in [0.25, 0.3) is 0 Å². The van der Waals surface area contributed by atoms with Crippen LogP contribution >= 0.6 is 27.7 Å². The van der Waals surface area contributed by atoms with Gasteiger partial charge in [0.05, 0.1) is 0 Å². The highest BCUT2D eigenvalue weighted by atomic mass is 79.9. The van der Waals surface area contributed by atoms with Crippen LogP contribution in [0.25, 0.3) is 0 Å². The third-order valence-electron chi connectivity index (χ3n) is 1.94. The highest BCUT2D eigenvalue weighted by Gasteiger charge is 2.18. The van der Waals surface area contributed by atoms with E-state index in [2.05, 4.69) is 15.9 Å². The average Bonchev–Trinajstić information content (AvgIpc) is 2.53. The number of hydrogen-bond acceptors (Lipinski definition) is 2. The van der Waals surface area contributed by atoms with Gasteiger partial charge in [-0.2, -0.15) is 0 Å². The van der Waals surface area contributed by atoms with Gasteiger partial charge in [0.15, 0.2) is 5.17 Å². The molecule has 0 saturated carbocycles. The van der Waals surface area contributed by atoms with Crippen molar-refractivity contribution >= 4 is 38.5 Å². The first kappa shape index (κ1) is 9.09. The predicted molar refractivity (Wildman–Crippen MR) is 61.7 cm³/mol. The Kier molecular flexibility index (Phi) is 2.60. The van der Waals surface area contributed by atoms with Crippen LogP contribution in [0.15, 0.2) is 28.7 Å². The molecule has 0 bridgehead atoms. The lowest BCUT2D eigenvalue weighted by molar-refractivity contribution is 1.10. The SMILES string of the molecule is N=C1SCCN1c1ccc(Br)cc1. The predicted octanol–water partition coefficient (Wildman–Crippen LogP) is 2.94. The van der Waals surface area contributed by atoms with Crippen LogP contribution < -0.4 is 4.90 Å². The molecule has 1 saturated heterocycles. The van der Waals surface area contributed by atoms with Gasteiger partial charge >= 0.3 is 0 Å². The number of thioether (sulfide) groups is 1. The van der Waals surface area contributed by atoms with Gasteiger partial charge in [-0.05, 0) is 24.3 Å². The third-order valence-corrected chi connectivity index (χ3v) is 3.35. The second kappa shape index (κ2) is 3.72. The fourth-order valence-corrected chi connectivity index (χ4v) is 2.36. The topological polar surface area (TPSA) is 27.1 Å². The van der Waals surface area contributed by atoms with Gasteiger partial charge in [0, 0.05) is 22.5 Å². The van der Waals surface area contributed by atoms with Crippen molar-refractivity contribution < 1.29 is 0 Å². The van der Waals surface area contributed by atoms with Gasteiger partial charge in [0.1, 0.15) is 0 Å². The van der Waals surface area contributed by atoms with Crippen LogP contribution in [0.5, 0.6) is 0 Å². The first-order valence-corrected chi connectivity index (χ1v) is 5.80. The van der Waals surface area contributed by atoms with Crippen molar-refractivity contribution in [2.75, 3.05) is 17.2 Å². The van der Waals surface area contributed by atoms with Gasteiger partial charge in [-0.3, -0.25) is 5.41 Å². The molecular formula is C9H9BrN2S. The molecule has 13 heavy (non-hydrogen) atoms. The fourth-order valence-electron chi connectivity index (χ4n) is 1.28. The number of nitrogens with one attached hydrogen (secondary N) is 1. The number of rotatable bonds is 1. The molecule has 1 fully saturated rings. The van der Waals surface area contributed by atoms with Crippen molar-refractivity contribution in [3.05, 3.63) is 28.7 Å². The number of halogens is 1. The maximum Gasteiger partial charge on any atom is 0.160 e. The molecule has 68 valence electrons. The minimum atomic E-state index is 0.655. The zero-order valence-corrected chi connectivity index (χ0v) is 9.36. The van der Waals surface area contributed by atoms with Crippen LogP contribution in [0.1, 0.15) is 0 Å². The van der Waals surface area contributed by atoms with E-state index in [9.17, 15) is 0 Å². The average molecular weight is 257 g/mol. The minimum Gasteiger partial charge on any atom is -0.321 e. The molecule has 1 aromatic carbocycles. The van der Waals surface area contributed by atoms with Crippen LogP contribution in [-0.2, 0) is 0 Å². The minimum absolute atomic E-state index is 0.655. The van der Waals surface area contributed by atoms with Crippen molar-refractivity contribution in [2.45, 2.75) is 0 Å². The molecule has 0 atom stereocenters. The molecule has 0 spiro atoms. The van der Waals surface area contributed by atoms with E-state index in [0.29, 0.717) is 5.17 Å². The highest BCUT2D eigenvalue weighted by Crippen LogP contribution is 2.25. The van der Waals surface area contributed by atoms with Gasteiger partial charge in [-0.15, -0.1) is 0 Å². The summed E-state index contributed by atoms with van der Waals surface area (Å²) < 4.78 is 1.08. The van der Waals surface area contributed by atoms with Crippen molar-refractivity contribution in [3.8, 4) is 0 Å². The van der Waals surface area contributed by atoms with Gasteiger partial charge < -0.3 is 4.90 Å². The lowest BCUT2D eigenvalue weighted by Gasteiger charge is -2.16. The number of nitrogens with zero attached hydrogens (tertiary/aromatic N) is 1. The zero-order valence-electron chi connectivity index (χ0n) is 6.96. The molecule has 0 aliphatic carbocycles. The number of amidine groups is 1. The summed E-state index contributed by atoms with van der Waals surface area (Å²) in [6, 6.07) is 8.08. The zero-order chi connectivity index (χ0) is 9.26. The molecule has 4 heteroatoms. The molecule has 1 aliphatic heterocycles. The Hall–Kier alpha value is -0.480. The normalized spacial score (nSPS) is 16.7. The van der Waals surface area contributed by atoms with Crippen LogP contribution in [-0.4, -0.2) is 17.5 Å². The molecule has 2 nitrogen and oxygen atoms in total. The van der Waals surface area contributed by atoms with Gasteiger partial charge in [0.2, 0.25) is 0 Å². The quantitative estimate of drug-likeness (QED) is 0.837. The van der Waals surface area contributed by atoms with Crippen molar-refractivity contribution in [1.29, 1.82) is 5.41 Å². The van der Waals surface area contributed by atoms with E-state index < -0.39 is 0 Å². The smallest absolute Gasteiger partial charge is 0.160 e. The summed E-state index contributed by atoms with van der Waals surface area (Å²) >= 11 is 4.99. The molecule has 2 rings (SSSR count). The molecule has 1 heterocycles. The summed E-state index contributed by atoms with van der Waals surface area (Å²) in [7, 11) is 0. The van der Waals surface area contributed by atoms with E-state index in [1.165, 1.54) is 0 Å². The number of benzene rings is 1. The maximum atomic E-state index is 7.67. The van der Waals surface area contributed by atoms with Crippen molar-refractivity contribution in [1.82, 2.24) is 0 Å². The molecule has 1 N–H and O–H groups in total. The number of anilines is 1. The first-order valence-electron chi connectivity index (χ1n) is 4.02. The summed E-state index contributed by atoms with van der Waals surface area (Å²) in [4.78, 5) is 2.02. The van der Waals surface area contributed by atoms with Crippen molar-refractivity contribution in [3.63, 3.8) is 0 Å². The van der Waals surface area contributed by atoms with E-state index in [4.69, 9.17) is 5.41 Å².